The van der Waals surface area contributed by atoms with Gasteiger partial charge in [0, 0.05) is 87.8 Å². The first-order valence-electron chi connectivity index (χ1n) is 20.0. The smallest absolute Gasteiger partial charge is 0.410 e. The van der Waals surface area contributed by atoms with E-state index in [0.717, 1.165) is 66.9 Å². The number of ether oxygens (including phenoxy) is 2. The van der Waals surface area contributed by atoms with E-state index >= 15 is 0 Å². The number of fused-ring (bicyclic) bond motifs is 2. The molecule has 0 bridgehead atoms. The summed E-state index contributed by atoms with van der Waals surface area (Å²) >= 11 is 7.03. The van der Waals surface area contributed by atoms with Crippen molar-refractivity contribution in [3.63, 3.8) is 0 Å². The number of methoxy groups -OCH3 is 1. The molecule has 0 saturated heterocycles. The predicted molar refractivity (Wildman–Crippen MR) is 222 cm³/mol. The first-order valence-corrected chi connectivity index (χ1v) is 20.4. The fourth-order valence-electron chi connectivity index (χ4n) is 8.69. The molecule has 310 valence electrons. The van der Waals surface area contributed by atoms with Crippen molar-refractivity contribution in [3.8, 4) is 11.1 Å². The number of aromatic nitrogens is 4. The van der Waals surface area contributed by atoms with Gasteiger partial charge in [0.2, 0.25) is 0 Å². The number of anilines is 2. The van der Waals surface area contributed by atoms with Crippen LogP contribution in [0.1, 0.15) is 103 Å². The second-order valence-corrected chi connectivity index (χ2v) is 17.6. The number of halogens is 1. The summed E-state index contributed by atoms with van der Waals surface area (Å²) in [7, 11) is 5.25. The number of nitrogens with zero attached hydrogens (tertiary/aromatic N) is 6. The Labute approximate surface area is 344 Å². The molecule has 3 amide bonds. The zero-order valence-electron chi connectivity index (χ0n) is 34.7. The minimum absolute atomic E-state index is 0.240. The summed E-state index contributed by atoms with van der Waals surface area (Å²) in [6.07, 6.45) is 3.89. The predicted octanol–water partition coefficient (Wildman–Crippen LogP) is 6.85. The average molecular weight is 815 g/mol. The van der Waals surface area contributed by atoms with Gasteiger partial charge in [0.25, 0.3) is 11.8 Å². The van der Waals surface area contributed by atoms with Gasteiger partial charge in [0.1, 0.15) is 5.60 Å². The Bertz CT molecular complexity index is 2230. The zero-order valence-corrected chi connectivity index (χ0v) is 35.5. The van der Waals surface area contributed by atoms with Crippen LogP contribution in [0.3, 0.4) is 0 Å². The van der Waals surface area contributed by atoms with Crippen molar-refractivity contribution in [2.24, 2.45) is 19.5 Å². The highest BCUT2D eigenvalue weighted by Crippen LogP contribution is 2.42. The maximum Gasteiger partial charge on any atom is 0.410 e. The number of amides is 3. The third-order valence-corrected chi connectivity index (χ3v) is 12.6. The van der Waals surface area contributed by atoms with Crippen LogP contribution in [0.5, 0.6) is 0 Å². The number of imidazole rings is 2. The van der Waals surface area contributed by atoms with Crippen LogP contribution >= 0.6 is 11.6 Å². The molecular weight excluding hydrogens is 760 g/mol. The lowest BCUT2D eigenvalue weighted by molar-refractivity contribution is -0.166. The number of aliphatic hydroxyl groups is 1. The van der Waals surface area contributed by atoms with E-state index in [-0.39, 0.29) is 29.6 Å². The third kappa shape index (κ3) is 8.12. The normalized spacial score (nSPS) is 20.2. The number of nitrogens with one attached hydrogen (secondary N) is 2. The quantitative estimate of drug-likeness (QED) is 0.162. The van der Waals surface area contributed by atoms with E-state index in [9.17, 15) is 19.5 Å². The summed E-state index contributed by atoms with van der Waals surface area (Å²) in [5.41, 5.74) is 5.99. The van der Waals surface area contributed by atoms with Crippen LogP contribution in [0.2, 0.25) is 5.02 Å². The SMILES string of the molecule is CO[C@@H](O)C1(C)CCC(N2CCc3c(nc(C(=O)Nc4cccc(-c5cccc(NC(=O)c6nc7c(n6C)CCN(C(=O)OC(C)(C)C)C7)c5C)c4Cl)n3C)C2)CC1. The molecule has 2 aromatic carbocycles. The van der Waals surface area contributed by atoms with Gasteiger partial charge in [-0.2, -0.15) is 0 Å². The van der Waals surface area contributed by atoms with E-state index < -0.39 is 18.0 Å². The summed E-state index contributed by atoms with van der Waals surface area (Å²) in [6, 6.07) is 11.5. The number of rotatable bonds is 8. The number of carbonyl (C=O) groups is 3. The molecule has 1 atom stereocenters. The van der Waals surface area contributed by atoms with Crippen molar-refractivity contribution >= 4 is 40.9 Å². The monoisotopic (exact) mass is 814 g/mol. The highest BCUT2D eigenvalue weighted by Gasteiger charge is 2.40. The van der Waals surface area contributed by atoms with E-state index in [0.29, 0.717) is 59.0 Å². The fraction of sp³-hybridized carbons (Fsp3) is 0.512. The van der Waals surface area contributed by atoms with Crippen LogP contribution in [-0.4, -0.2) is 90.0 Å². The Hall–Kier alpha value is -4.76. The topological polar surface area (TPSA) is 156 Å². The van der Waals surface area contributed by atoms with Gasteiger partial charge in [-0.15, -0.1) is 0 Å². The fourth-order valence-corrected chi connectivity index (χ4v) is 8.97. The van der Waals surface area contributed by atoms with Crippen LogP contribution in [-0.2, 0) is 49.5 Å². The summed E-state index contributed by atoms with van der Waals surface area (Å²) in [5.74, 6) is -0.165. The Kier molecular flexibility index (Phi) is 11.5. The molecule has 1 saturated carbocycles. The van der Waals surface area contributed by atoms with Gasteiger partial charge in [-0.05, 0) is 76.6 Å². The third-order valence-electron chi connectivity index (χ3n) is 12.2. The summed E-state index contributed by atoms with van der Waals surface area (Å²) < 4.78 is 14.5. The second-order valence-electron chi connectivity index (χ2n) is 17.2. The first kappa shape index (κ1) is 41.4. The minimum Gasteiger partial charge on any atom is -0.444 e. The van der Waals surface area contributed by atoms with Crippen LogP contribution in [0, 0.1) is 12.3 Å². The molecular formula is C43H55ClN8O6. The molecule has 2 aromatic heterocycles. The maximum atomic E-state index is 13.8. The van der Waals surface area contributed by atoms with Crippen LogP contribution in [0.4, 0.5) is 16.2 Å². The molecule has 1 aliphatic carbocycles. The number of hydrogen-bond acceptors (Lipinski definition) is 9. The van der Waals surface area contributed by atoms with Crippen molar-refractivity contribution in [1.29, 1.82) is 0 Å². The molecule has 3 aliphatic rings. The van der Waals surface area contributed by atoms with Gasteiger partial charge in [-0.25, -0.2) is 14.8 Å². The lowest BCUT2D eigenvalue weighted by Crippen LogP contribution is -2.46. The Morgan fingerprint density at radius 3 is 2.03 bits per heavy atom. The first-order chi connectivity index (χ1) is 27.5. The summed E-state index contributed by atoms with van der Waals surface area (Å²) in [5, 5.41) is 16.8. The molecule has 3 N–H and O–H groups in total. The lowest BCUT2D eigenvalue weighted by atomic mass is 9.73. The molecule has 4 aromatic rings. The van der Waals surface area contributed by atoms with Gasteiger partial charge in [-0.3, -0.25) is 14.5 Å². The van der Waals surface area contributed by atoms with Crippen LogP contribution < -0.4 is 10.6 Å². The minimum atomic E-state index is -0.762. The Morgan fingerprint density at radius 1 is 0.879 bits per heavy atom. The molecule has 0 radical (unpaired) electrons. The molecule has 4 heterocycles. The van der Waals surface area contributed by atoms with E-state index in [2.05, 4.69) is 27.4 Å². The number of hydrogen-bond donors (Lipinski definition) is 3. The maximum absolute atomic E-state index is 13.8. The van der Waals surface area contributed by atoms with Crippen LogP contribution in [0.15, 0.2) is 36.4 Å². The molecule has 0 spiro atoms. The highest BCUT2D eigenvalue weighted by molar-refractivity contribution is 6.36. The average Bonchev–Trinajstić information content (AvgIpc) is 3.71. The number of aliphatic hydroxyl groups excluding tert-OH is 1. The standard InChI is InChI=1S/C43H55ClN8O6/c1-25-27(11-9-13-29(25)47-38(53)36-46-32-24-52(22-18-34(32)50(36)7)41(56)58-42(2,3)4)28-12-10-14-30(35(28)44)48-39(54)37-45-31-23-51(21-17-33(31)49(37)6)26-15-19-43(5,20-16-26)40(55)57-8/h9-14,26,40,55H,15-24H2,1-8H3,(H,47,53)(H,48,54)/t26?,40-,43?/m1/s1. The van der Waals surface area contributed by atoms with Gasteiger partial charge in [-0.1, -0.05) is 42.8 Å². The van der Waals surface area contributed by atoms with Crippen LogP contribution in [0.25, 0.3) is 11.1 Å². The molecule has 58 heavy (non-hydrogen) atoms. The molecule has 0 unspecified atom stereocenters. The van der Waals surface area contributed by atoms with E-state index in [1.807, 2.05) is 76.7 Å². The molecule has 7 rings (SSSR count). The lowest BCUT2D eigenvalue weighted by Gasteiger charge is -2.44. The molecule has 2 aliphatic heterocycles. The molecule has 1 fully saturated rings. The molecule has 15 heteroatoms. The summed E-state index contributed by atoms with van der Waals surface area (Å²) in [6.45, 7) is 11.8. The highest BCUT2D eigenvalue weighted by atomic mass is 35.5. The Balaban J connectivity index is 1.03. The number of carbonyl (C=O) groups excluding carboxylic acids is 3. The van der Waals surface area contributed by atoms with E-state index in [4.69, 9.17) is 26.1 Å². The zero-order chi connectivity index (χ0) is 41.7. The summed E-state index contributed by atoms with van der Waals surface area (Å²) in [4.78, 5) is 53.8. The van der Waals surface area contributed by atoms with Crippen molar-refractivity contribution in [2.45, 2.75) is 104 Å². The van der Waals surface area contributed by atoms with Gasteiger partial charge >= 0.3 is 6.09 Å². The van der Waals surface area contributed by atoms with E-state index in [1.165, 1.54) is 0 Å². The second kappa shape index (κ2) is 16.1. The van der Waals surface area contributed by atoms with Gasteiger partial charge in [0.05, 0.1) is 28.6 Å². The van der Waals surface area contributed by atoms with Crippen molar-refractivity contribution < 1.29 is 29.0 Å². The molecule has 14 nitrogen and oxygen atoms in total. The van der Waals surface area contributed by atoms with Crippen molar-refractivity contribution in [1.82, 2.24) is 28.9 Å². The largest absolute Gasteiger partial charge is 0.444 e. The van der Waals surface area contributed by atoms with Gasteiger partial charge in [0.15, 0.2) is 17.9 Å². The Morgan fingerprint density at radius 2 is 1.43 bits per heavy atom. The van der Waals surface area contributed by atoms with E-state index in [1.54, 1.807) is 22.6 Å². The number of benzene rings is 2. The van der Waals surface area contributed by atoms with Gasteiger partial charge < -0.3 is 39.2 Å². The van der Waals surface area contributed by atoms with Crippen molar-refractivity contribution in [2.75, 3.05) is 30.8 Å². The van der Waals surface area contributed by atoms with Crippen molar-refractivity contribution in [3.05, 3.63) is 81.4 Å².